The van der Waals surface area contributed by atoms with Gasteiger partial charge in [0.05, 0.1) is 5.56 Å². The number of hydrogen-bond donors (Lipinski definition) is 1. The van der Waals surface area contributed by atoms with Gasteiger partial charge >= 0.3 is 0 Å². The van der Waals surface area contributed by atoms with Gasteiger partial charge < -0.3 is 5.32 Å². The molecule has 0 bridgehead atoms. The third kappa shape index (κ3) is 3.15. The lowest BCUT2D eigenvalue weighted by Gasteiger charge is -2.04. The van der Waals surface area contributed by atoms with Crippen LogP contribution in [0.5, 0.6) is 0 Å². The van der Waals surface area contributed by atoms with Crippen LogP contribution in [0.4, 0.5) is 0 Å². The molecule has 2 aromatic rings. The number of thiophene rings is 1. The van der Waals surface area contributed by atoms with Crippen molar-refractivity contribution in [2.45, 2.75) is 6.54 Å². The molecule has 0 aliphatic heterocycles. The van der Waals surface area contributed by atoms with Crippen molar-refractivity contribution in [2.75, 3.05) is 0 Å². The van der Waals surface area contributed by atoms with E-state index >= 15 is 0 Å². The number of rotatable bonds is 3. The van der Waals surface area contributed by atoms with Crippen LogP contribution in [0.15, 0.2) is 22.9 Å². The van der Waals surface area contributed by atoms with Gasteiger partial charge in [-0.15, -0.1) is 10.2 Å². The SMILES string of the molecule is O=C(NCc1ccsc1)c1cc(Cl)nnc1Cl. The molecular weight excluding hydrogens is 281 g/mol. The molecule has 7 heteroatoms. The maximum Gasteiger partial charge on any atom is 0.254 e. The van der Waals surface area contributed by atoms with Crippen LogP contribution in [0, 0.1) is 0 Å². The highest BCUT2D eigenvalue weighted by Crippen LogP contribution is 2.15. The van der Waals surface area contributed by atoms with Gasteiger partial charge in [0, 0.05) is 6.54 Å². The molecule has 0 saturated carbocycles. The van der Waals surface area contributed by atoms with Gasteiger partial charge in [-0.1, -0.05) is 23.2 Å². The summed E-state index contributed by atoms with van der Waals surface area (Å²) in [5.41, 5.74) is 1.26. The third-order valence-corrected chi connectivity index (χ3v) is 3.19. The van der Waals surface area contributed by atoms with Gasteiger partial charge in [0.25, 0.3) is 5.91 Å². The number of carbonyl (C=O) groups excluding carboxylic acids is 1. The van der Waals surface area contributed by atoms with Gasteiger partial charge in [0.2, 0.25) is 0 Å². The summed E-state index contributed by atoms with van der Waals surface area (Å²) in [6, 6.07) is 3.32. The first kappa shape index (κ1) is 12.3. The number of hydrogen-bond acceptors (Lipinski definition) is 4. The normalized spacial score (nSPS) is 10.2. The minimum atomic E-state index is -0.321. The molecule has 88 valence electrons. The van der Waals surface area contributed by atoms with Gasteiger partial charge in [-0.2, -0.15) is 11.3 Å². The topological polar surface area (TPSA) is 54.9 Å². The van der Waals surface area contributed by atoms with Crippen molar-refractivity contribution < 1.29 is 4.79 Å². The summed E-state index contributed by atoms with van der Waals surface area (Å²) in [5.74, 6) is -0.321. The molecule has 17 heavy (non-hydrogen) atoms. The molecule has 4 nitrogen and oxygen atoms in total. The van der Waals surface area contributed by atoms with Gasteiger partial charge in [-0.05, 0) is 28.5 Å². The molecule has 1 amide bonds. The Bertz CT molecular complexity index is 530. The zero-order valence-electron chi connectivity index (χ0n) is 8.48. The van der Waals surface area contributed by atoms with Crippen molar-refractivity contribution in [2.24, 2.45) is 0 Å². The molecule has 0 aliphatic rings. The van der Waals surface area contributed by atoms with E-state index in [1.807, 2.05) is 16.8 Å². The molecule has 0 aromatic carbocycles. The van der Waals surface area contributed by atoms with E-state index < -0.39 is 0 Å². The fourth-order valence-corrected chi connectivity index (χ4v) is 2.18. The van der Waals surface area contributed by atoms with Gasteiger partial charge in [-0.3, -0.25) is 4.79 Å². The second kappa shape index (κ2) is 5.44. The van der Waals surface area contributed by atoms with E-state index in [9.17, 15) is 4.79 Å². The van der Waals surface area contributed by atoms with E-state index in [1.54, 1.807) is 11.3 Å². The lowest BCUT2D eigenvalue weighted by molar-refractivity contribution is 0.0950. The molecule has 0 aliphatic carbocycles. The van der Waals surface area contributed by atoms with Crippen LogP contribution in [0.2, 0.25) is 10.3 Å². The monoisotopic (exact) mass is 287 g/mol. The number of aromatic nitrogens is 2. The van der Waals surface area contributed by atoms with Crippen LogP contribution in [0.3, 0.4) is 0 Å². The van der Waals surface area contributed by atoms with Crippen molar-refractivity contribution in [1.29, 1.82) is 0 Å². The maximum absolute atomic E-state index is 11.8. The molecule has 0 saturated heterocycles. The fourth-order valence-electron chi connectivity index (χ4n) is 1.18. The van der Waals surface area contributed by atoms with Crippen LogP contribution in [-0.4, -0.2) is 16.1 Å². The summed E-state index contributed by atoms with van der Waals surface area (Å²) >= 11 is 13.0. The third-order valence-electron chi connectivity index (χ3n) is 2.00. The Kier molecular flexibility index (Phi) is 3.93. The number of halogens is 2. The van der Waals surface area contributed by atoms with Crippen molar-refractivity contribution in [3.8, 4) is 0 Å². The average molecular weight is 288 g/mol. The first-order valence-electron chi connectivity index (χ1n) is 4.65. The van der Waals surface area contributed by atoms with Crippen LogP contribution < -0.4 is 5.32 Å². The van der Waals surface area contributed by atoms with Gasteiger partial charge in [0.15, 0.2) is 10.3 Å². The minimum Gasteiger partial charge on any atom is -0.348 e. The van der Waals surface area contributed by atoms with Crippen molar-refractivity contribution >= 4 is 40.4 Å². The van der Waals surface area contributed by atoms with Crippen LogP contribution in [-0.2, 0) is 6.54 Å². The Morgan fingerprint density at radius 3 is 2.94 bits per heavy atom. The molecule has 2 heterocycles. The van der Waals surface area contributed by atoms with Crippen LogP contribution in [0.1, 0.15) is 15.9 Å². The van der Waals surface area contributed by atoms with Crippen LogP contribution >= 0.6 is 34.5 Å². The molecular formula is C10H7Cl2N3OS. The maximum atomic E-state index is 11.8. The summed E-state index contributed by atoms with van der Waals surface area (Å²) in [7, 11) is 0. The second-order valence-corrected chi connectivity index (χ2v) is 4.71. The standard InChI is InChI=1S/C10H7Cl2N3OS/c11-8-3-7(9(12)15-14-8)10(16)13-4-6-1-2-17-5-6/h1-3,5H,4H2,(H,13,16). The Balaban J connectivity index is 2.07. The summed E-state index contributed by atoms with van der Waals surface area (Å²) in [6.07, 6.45) is 0. The molecule has 1 N–H and O–H groups in total. The zero-order chi connectivity index (χ0) is 12.3. The highest BCUT2D eigenvalue weighted by molar-refractivity contribution is 7.07. The molecule has 0 unspecified atom stereocenters. The predicted octanol–water partition coefficient (Wildman–Crippen LogP) is 2.77. The lowest BCUT2D eigenvalue weighted by atomic mass is 10.2. The Morgan fingerprint density at radius 1 is 1.41 bits per heavy atom. The number of carbonyl (C=O) groups is 1. The van der Waals surface area contributed by atoms with E-state index in [4.69, 9.17) is 23.2 Å². The highest BCUT2D eigenvalue weighted by atomic mass is 35.5. The molecule has 0 radical (unpaired) electrons. The Hall–Kier alpha value is -1.17. The molecule has 0 atom stereocenters. The number of amides is 1. The highest BCUT2D eigenvalue weighted by Gasteiger charge is 2.12. The average Bonchev–Trinajstić information content (AvgIpc) is 2.82. The van der Waals surface area contributed by atoms with E-state index in [2.05, 4.69) is 15.5 Å². The molecule has 2 aromatic heterocycles. The van der Waals surface area contributed by atoms with Crippen molar-refractivity contribution in [1.82, 2.24) is 15.5 Å². The summed E-state index contributed by atoms with van der Waals surface area (Å²) in [4.78, 5) is 11.8. The fraction of sp³-hybridized carbons (Fsp3) is 0.100. The van der Waals surface area contributed by atoms with Crippen molar-refractivity contribution in [3.63, 3.8) is 0 Å². The van der Waals surface area contributed by atoms with E-state index in [0.29, 0.717) is 6.54 Å². The minimum absolute atomic E-state index is 0.0391. The van der Waals surface area contributed by atoms with Gasteiger partial charge in [0.1, 0.15) is 0 Å². The predicted molar refractivity (Wildman–Crippen MR) is 67.5 cm³/mol. The van der Waals surface area contributed by atoms with E-state index in [0.717, 1.165) is 5.56 Å². The smallest absolute Gasteiger partial charge is 0.254 e. The van der Waals surface area contributed by atoms with Crippen LogP contribution in [0.25, 0.3) is 0 Å². The van der Waals surface area contributed by atoms with Gasteiger partial charge in [-0.25, -0.2) is 0 Å². The first-order chi connectivity index (χ1) is 8.16. The lowest BCUT2D eigenvalue weighted by Crippen LogP contribution is -2.23. The molecule has 0 fully saturated rings. The first-order valence-corrected chi connectivity index (χ1v) is 6.34. The number of nitrogens with zero attached hydrogens (tertiary/aromatic N) is 2. The van der Waals surface area contributed by atoms with E-state index in [1.165, 1.54) is 6.07 Å². The summed E-state index contributed by atoms with van der Waals surface area (Å²) in [5, 5.41) is 13.9. The molecule has 2 rings (SSSR count). The quantitative estimate of drug-likeness (QED) is 0.944. The van der Waals surface area contributed by atoms with Crippen molar-refractivity contribution in [3.05, 3.63) is 44.3 Å². The Morgan fingerprint density at radius 2 is 2.24 bits per heavy atom. The largest absolute Gasteiger partial charge is 0.348 e. The Labute approximate surface area is 112 Å². The molecule has 0 spiro atoms. The summed E-state index contributed by atoms with van der Waals surface area (Å²) < 4.78 is 0. The van der Waals surface area contributed by atoms with E-state index in [-0.39, 0.29) is 21.8 Å². The number of nitrogens with one attached hydrogen (secondary N) is 1. The zero-order valence-corrected chi connectivity index (χ0v) is 10.8. The summed E-state index contributed by atoms with van der Waals surface area (Å²) in [6.45, 7) is 0.443. The second-order valence-electron chi connectivity index (χ2n) is 3.19.